The van der Waals surface area contributed by atoms with Gasteiger partial charge in [-0.2, -0.15) is 0 Å². The van der Waals surface area contributed by atoms with Crippen molar-refractivity contribution in [3.63, 3.8) is 0 Å². The van der Waals surface area contributed by atoms with Crippen LogP contribution in [0.1, 0.15) is 12.5 Å². The first-order valence-electron chi connectivity index (χ1n) is 8.33. The van der Waals surface area contributed by atoms with Crippen LogP contribution >= 0.6 is 0 Å². The Labute approximate surface area is 151 Å². The van der Waals surface area contributed by atoms with Gasteiger partial charge in [-0.3, -0.25) is 9.59 Å². The first-order chi connectivity index (χ1) is 12.6. The summed E-state index contributed by atoms with van der Waals surface area (Å²) in [6.45, 7) is 2.73. The molecule has 1 aliphatic heterocycles. The number of rotatable bonds is 5. The molecule has 0 atom stereocenters. The Kier molecular flexibility index (Phi) is 5.53. The topological polar surface area (TPSA) is 76.7 Å². The minimum Gasteiger partial charge on any atom is -0.486 e. The van der Waals surface area contributed by atoms with Crippen LogP contribution in [0.5, 0.6) is 11.5 Å². The maximum atomic E-state index is 12.0. The van der Waals surface area contributed by atoms with Crippen molar-refractivity contribution in [2.75, 3.05) is 25.1 Å². The number of fused-ring (bicyclic) bond motifs is 1. The summed E-state index contributed by atoms with van der Waals surface area (Å²) in [7, 11) is 0. The highest BCUT2D eigenvalue weighted by Gasteiger charge is 2.13. The van der Waals surface area contributed by atoms with Crippen molar-refractivity contribution < 1.29 is 19.1 Å². The van der Waals surface area contributed by atoms with Crippen molar-refractivity contribution >= 4 is 23.1 Å². The number of hydrogen-bond acceptors (Lipinski definition) is 4. The monoisotopic (exact) mass is 352 g/mol. The summed E-state index contributed by atoms with van der Waals surface area (Å²) >= 11 is 0. The zero-order valence-corrected chi connectivity index (χ0v) is 14.5. The number of carbonyl (C=O) groups excluding carboxylic acids is 2. The van der Waals surface area contributed by atoms with Gasteiger partial charge in [-0.05, 0) is 30.2 Å². The Morgan fingerprint density at radius 2 is 1.77 bits per heavy atom. The van der Waals surface area contributed by atoms with Crippen LogP contribution in [0.15, 0.2) is 54.6 Å². The van der Waals surface area contributed by atoms with E-state index in [-0.39, 0.29) is 18.4 Å². The van der Waals surface area contributed by atoms with Gasteiger partial charge in [0.1, 0.15) is 13.2 Å². The molecule has 2 aromatic carbocycles. The number of allylic oxidation sites excluding steroid dienone is 1. The van der Waals surface area contributed by atoms with Crippen LogP contribution in [-0.4, -0.2) is 31.6 Å². The Bertz CT molecular complexity index is 831. The van der Waals surface area contributed by atoms with Gasteiger partial charge < -0.3 is 20.1 Å². The highest BCUT2D eigenvalue weighted by Crippen LogP contribution is 2.32. The highest BCUT2D eigenvalue weighted by atomic mass is 16.6. The van der Waals surface area contributed by atoms with Crippen LogP contribution in [0, 0.1) is 0 Å². The van der Waals surface area contributed by atoms with Crippen molar-refractivity contribution in [2.24, 2.45) is 0 Å². The van der Waals surface area contributed by atoms with Gasteiger partial charge in [0.15, 0.2) is 11.5 Å². The highest BCUT2D eigenvalue weighted by molar-refractivity contribution is 5.99. The van der Waals surface area contributed by atoms with Crippen LogP contribution in [0.4, 0.5) is 5.69 Å². The van der Waals surface area contributed by atoms with E-state index in [1.165, 1.54) is 6.08 Å². The summed E-state index contributed by atoms with van der Waals surface area (Å²) < 4.78 is 10.9. The molecule has 1 heterocycles. The Hall–Kier alpha value is -3.28. The van der Waals surface area contributed by atoms with Crippen LogP contribution in [0.2, 0.25) is 0 Å². The number of anilines is 1. The van der Waals surface area contributed by atoms with Gasteiger partial charge >= 0.3 is 0 Å². The van der Waals surface area contributed by atoms with E-state index in [4.69, 9.17) is 9.47 Å². The second kappa shape index (κ2) is 8.20. The molecule has 6 nitrogen and oxygen atoms in total. The summed E-state index contributed by atoms with van der Waals surface area (Å²) in [6, 6.07) is 14.8. The zero-order chi connectivity index (χ0) is 18.4. The molecule has 0 spiro atoms. The molecule has 0 unspecified atom stereocenters. The number of nitrogens with one attached hydrogen (secondary N) is 2. The second-order valence-corrected chi connectivity index (χ2v) is 5.82. The van der Waals surface area contributed by atoms with Gasteiger partial charge in [-0.25, -0.2) is 0 Å². The quantitative estimate of drug-likeness (QED) is 0.811. The fourth-order valence-corrected chi connectivity index (χ4v) is 2.53. The lowest BCUT2D eigenvalue weighted by molar-refractivity contribution is -0.121. The first-order valence-corrected chi connectivity index (χ1v) is 8.33. The van der Waals surface area contributed by atoms with Crippen LogP contribution in [-0.2, 0) is 9.59 Å². The normalized spacial score (nSPS) is 13.0. The predicted molar refractivity (Wildman–Crippen MR) is 99.2 cm³/mol. The van der Waals surface area contributed by atoms with E-state index in [1.54, 1.807) is 18.2 Å². The molecule has 3 rings (SSSR count). The van der Waals surface area contributed by atoms with Crippen LogP contribution in [0.3, 0.4) is 0 Å². The Balaban J connectivity index is 1.51. The van der Waals surface area contributed by atoms with Crippen molar-refractivity contribution in [1.29, 1.82) is 0 Å². The lowest BCUT2D eigenvalue weighted by Crippen LogP contribution is -2.31. The molecule has 0 aromatic heterocycles. The molecule has 0 aliphatic carbocycles. The first kappa shape index (κ1) is 17.5. The summed E-state index contributed by atoms with van der Waals surface area (Å²) in [5.41, 5.74) is 2.38. The molecule has 134 valence electrons. The number of benzene rings is 2. The van der Waals surface area contributed by atoms with Crippen molar-refractivity contribution in [3.05, 3.63) is 60.2 Å². The fraction of sp³-hybridized carbons (Fsp3) is 0.200. The third-order valence-electron chi connectivity index (χ3n) is 3.83. The molecule has 0 radical (unpaired) electrons. The van der Waals surface area contributed by atoms with E-state index in [0.717, 1.165) is 11.1 Å². The summed E-state index contributed by atoms with van der Waals surface area (Å²) in [4.78, 5) is 24.0. The number of hydrogen-bond donors (Lipinski definition) is 2. The SMILES string of the molecule is C/C(=C\C(=O)NCC(=O)Nc1ccc2c(c1)OCCO2)c1ccccc1. The van der Waals surface area contributed by atoms with Gasteiger partial charge in [0, 0.05) is 17.8 Å². The molecule has 2 amide bonds. The average Bonchev–Trinajstić information content (AvgIpc) is 2.67. The smallest absolute Gasteiger partial charge is 0.244 e. The van der Waals surface area contributed by atoms with Crippen molar-refractivity contribution in [3.8, 4) is 11.5 Å². The molecule has 1 aliphatic rings. The number of amides is 2. The van der Waals surface area contributed by atoms with Crippen LogP contribution < -0.4 is 20.1 Å². The lowest BCUT2D eigenvalue weighted by Gasteiger charge is -2.19. The fourth-order valence-electron chi connectivity index (χ4n) is 2.53. The maximum absolute atomic E-state index is 12.0. The van der Waals surface area contributed by atoms with Crippen molar-refractivity contribution in [1.82, 2.24) is 5.32 Å². The molecular weight excluding hydrogens is 332 g/mol. The minimum atomic E-state index is -0.319. The van der Waals surface area contributed by atoms with E-state index in [2.05, 4.69) is 10.6 Å². The molecule has 6 heteroatoms. The van der Waals surface area contributed by atoms with E-state index in [1.807, 2.05) is 37.3 Å². The van der Waals surface area contributed by atoms with E-state index < -0.39 is 0 Å². The molecule has 0 fully saturated rings. The van der Waals surface area contributed by atoms with Crippen molar-refractivity contribution in [2.45, 2.75) is 6.92 Å². The Morgan fingerprint density at radius 1 is 1.04 bits per heavy atom. The van der Waals surface area contributed by atoms with E-state index in [9.17, 15) is 9.59 Å². The minimum absolute atomic E-state index is 0.119. The van der Waals surface area contributed by atoms with Gasteiger partial charge in [0.25, 0.3) is 0 Å². The molecular formula is C20H20N2O4. The molecule has 0 bridgehead atoms. The summed E-state index contributed by atoms with van der Waals surface area (Å²) in [5.74, 6) is 0.619. The molecule has 2 aromatic rings. The Morgan fingerprint density at radius 3 is 2.54 bits per heavy atom. The number of carbonyl (C=O) groups is 2. The van der Waals surface area contributed by atoms with Gasteiger partial charge in [-0.15, -0.1) is 0 Å². The third kappa shape index (κ3) is 4.63. The summed E-state index contributed by atoms with van der Waals surface area (Å²) in [6.07, 6.45) is 1.48. The molecule has 0 saturated heterocycles. The summed E-state index contributed by atoms with van der Waals surface area (Å²) in [5, 5.41) is 5.30. The average molecular weight is 352 g/mol. The molecule has 2 N–H and O–H groups in total. The number of ether oxygens (including phenoxy) is 2. The van der Waals surface area contributed by atoms with Gasteiger partial charge in [0.2, 0.25) is 11.8 Å². The largest absolute Gasteiger partial charge is 0.486 e. The standard InChI is InChI=1S/C20H20N2O4/c1-14(15-5-3-2-4-6-15)11-19(23)21-13-20(24)22-16-7-8-17-18(12-16)26-10-9-25-17/h2-8,11-12H,9-10,13H2,1H3,(H,21,23)(H,22,24)/b14-11+. The predicted octanol–water partition coefficient (Wildman–Crippen LogP) is 2.62. The van der Waals surface area contributed by atoms with Gasteiger partial charge in [-0.1, -0.05) is 30.3 Å². The van der Waals surface area contributed by atoms with E-state index >= 15 is 0 Å². The molecule has 26 heavy (non-hydrogen) atoms. The third-order valence-corrected chi connectivity index (χ3v) is 3.83. The van der Waals surface area contributed by atoms with Gasteiger partial charge in [0.05, 0.1) is 6.54 Å². The second-order valence-electron chi connectivity index (χ2n) is 5.82. The molecule has 0 saturated carbocycles. The lowest BCUT2D eigenvalue weighted by atomic mass is 10.1. The van der Waals surface area contributed by atoms with Crippen LogP contribution in [0.25, 0.3) is 5.57 Å². The van der Waals surface area contributed by atoms with E-state index in [0.29, 0.717) is 30.4 Å². The maximum Gasteiger partial charge on any atom is 0.244 e. The zero-order valence-electron chi connectivity index (χ0n) is 14.5.